The molecule has 3 rings (SSSR count). The van der Waals surface area contributed by atoms with E-state index < -0.39 is 0 Å². The van der Waals surface area contributed by atoms with Gasteiger partial charge in [0, 0.05) is 20.4 Å². The summed E-state index contributed by atoms with van der Waals surface area (Å²) in [6.07, 6.45) is 0.873. The molecule has 0 saturated heterocycles. The molecule has 23 heavy (non-hydrogen) atoms. The van der Waals surface area contributed by atoms with Crippen LogP contribution in [0.4, 0.5) is 0 Å². The number of hydrogen-bond acceptors (Lipinski definition) is 1. The number of aldehydes is 1. The summed E-state index contributed by atoms with van der Waals surface area (Å²) in [5.74, 6) is 0.136. The largest absolute Gasteiger partial charge is 0.298 e. The van der Waals surface area contributed by atoms with Crippen LogP contribution in [-0.4, -0.2) is 6.29 Å². The molecule has 114 valence electrons. The van der Waals surface area contributed by atoms with E-state index in [0.717, 1.165) is 15.2 Å². The van der Waals surface area contributed by atoms with Crippen LogP contribution >= 0.6 is 31.9 Å². The normalized spacial score (nSPS) is 10.7. The second-order valence-corrected chi connectivity index (χ2v) is 7.15. The van der Waals surface area contributed by atoms with Crippen molar-refractivity contribution in [1.82, 2.24) is 0 Å². The van der Waals surface area contributed by atoms with Crippen molar-refractivity contribution in [3.05, 3.63) is 104 Å². The van der Waals surface area contributed by atoms with Crippen LogP contribution in [0.1, 0.15) is 33.0 Å². The van der Waals surface area contributed by atoms with Gasteiger partial charge in [-0.3, -0.25) is 4.79 Å². The second-order valence-electron chi connectivity index (χ2n) is 5.32. The quantitative estimate of drug-likeness (QED) is 0.356. The van der Waals surface area contributed by atoms with Gasteiger partial charge in [-0.25, -0.2) is 0 Å². The molecular formula is C20H14Br2O. The first-order valence-corrected chi connectivity index (χ1v) is 8.82. The van der Waals surface area contributed by atoms with Gasteiger partial charge in [-0.2, -0.15) is 0 Å². The van der Waals surface area contributed by atoms with E-state index in [4.69, 9.17) is 0 Å². The number of hydrogen-bond donors (Lipinski definition) is 0. The van der Waals surface area contributed by atoms with Crippen molar-refractivity contribution in [1.29, 1.82) is 0 Å². The Bertz CT molecular complexity index is 745. The fraction of sp³-hybridized carbons (Fsp3) is 0.0500. The summed E-state index contributed by atoms with van der Waals surface area (Å²) >= 11 is 6.98. The molecule has 0 aromatic heterocycles. The van der Waals surface area contributed by atoms with Gasteiger partial charge in [0.1, 0.15) is 6.29 Å². The molecule has 0 saturated carbocycles. The summed E-state index contributed by atoms with van der Waals surface area (Å²) < 4.78 is 2.12. The second kappa shape index (κ2) is 7.24. The van der Waals surface area contributed by atoms with Crippen LogP contribution in [0.3, 0.4) is 0 Å². The Labute approximate surface area is 152 Å². The fourth-order valence-electron chi connectivity index (χ4n) is 2.65. The van der Waals surface area contributed by atoms with Crippen molar-refractivity contribution >= 4 is 38.1 Å². The third-order valence-electron chi connectivity index (χ3n) is 3.81. The molecule has 0 fully saturated rings. The predicted octanol–water partition coefficient (Wildman–Crippen LogP) is 6.20. The van der Waals surface area contributed by atoms with Gasteiger partial charge in [-0.1, -0.05) is 80.4 Å². The minimum absolute atomic E-state index is 0.136. The SMILES string of the molecule is O=Cc1ccc(C(c2ccc(Br)cc2)c2ccc(Br)cc2)cc1. The Balaban J connectivity index is 2.10. The van der Waals surface area contributed by atoms with E-state index in [2.05, 4.69) is 80.4 Å². The number of benzene rings is 3. The zero-order chi connectivity index (χ0) is 16.2. The lowest BCUT2D eigenvalue weighted by atomic mass is 9.85. The summed E-state index contributed by atoms with van der Waals surface area (Å²) in [6, 6.07) is 24.5. The molecule has 0 aliphatic rings. The van der Waals surface area contributed by atoms with Crippen LogP contribution in [0.5, 0.6) is 0 Å². The van der Waals surface area contributed by atoms with Gasteiger partial charge in [-0.15, -0.1) is 0 Å². The van der Waals surface area contributed by atoms with Crippen molar-refractivity contribution in [2.45, 2.75) is 5.92 Å². The fourth-order valence-corrected chi connectivity index (χ4v) is 3.18. The zero-order valence-corrected chi connectivity index (χ0v) is 15.4. The topological polar surface area (TPSA) is 17.1 Å². The summed E-state index contributed by atoms with van der Waals surface area (Å²) in [6.45, 7) is 0. The van der Waals surface area contributed by atoms with Crippen LogP contribution in [0.25, 0.3) is 0 Å². The molecule has 3 heteroatoms. The van der Waals surface area contributed by atoms with E-state index in [0.29, 0.717) is 5.56 Å². The average molecular weight is 430 g/mol. The maximum atomic E-state index is 10.9. The number of rotatable bonds is 4. The van der Waals surface area contributed by atoms with Crippen molar-refractivity contribution in [2.75, 3.05) is 0 Å². The Hall–Kier alpha value is -1.71. The first-order valence-electron chi connectivity index (χ1n) is 7.23. The highest BCUT2D eigenvalue weighted by Gasteiger charge is 2.16. The molecule has 0 bridgehead atoms. The molecule has 0 atom stereocenters. The Morgan fingerprint density at radius 2 is 0.957 bits per heavy atom. The molecule has 0 unspecified atom stereocenters. The Kier molecular flexibility index (Phi) is 5.09. The van der Waals surface area contributed by atoms with Gasteiger partial charge >= 0.3 is 0 Å². The van der Waals surface area contributed by atoms with E-state index in [1.165, 1.54) is 16.7 Å². The molecular weight excluding hydrogens is 416 g/mol. The Morgan fingerprint density at radius 1 is 0.609 bits per heavy atom. The molecule has 0 spiro atoms. The van der Waals surface area contributed by atoms with Crippen LogP contribution in [0.2, 0.25) is 0 Å². The molecule has 3 aromatic rings. The van der Waals surface area contributed by atoms with Gasteiger partial charge < -0.3 is 0 Å². The minimum Gasteiger partial charge on any atom is -0.298 e. The van der Waals surface area contributed by atoms with E-state index in [9.17, 15) is 4.79 Å². The third kappa shape index (κ3) is 3.80. The smallest absolute Gasteiger partial charge is 0.150 e. The summed E-state index contributed by atoms with van der Waals surface area (Å²) in [4.78, 5) is 10.9. The van der Waals surface area contributed by atoms with E-state index in [-0.39, 0.29) is 5.92 Å². The lowest BCUT2D eigenvalue weighted by Crippen LogP contribution is -2.03. The van der Waals surface area contributed by atoms with Crippen molar-refractivity contribution < 1.29 is 4.79 Å². The minimum atomic E-state index is 0.136. The predicted molar refractivity (Wildman–Crippen MR) is 101 cm³/mol. The first kappa shape index (κ1) is 16.2. The van der Waals surface area contributed by atoms with Crippen LogP contribution < -0.4 is 0 Å². The number of carbonyl (C=O) groups excluding carboxylic acids is 1. The lowest BCUT2D eigenvalue weighted by Gasteiger charge is -2.19. The van der Waals surface area contributed by atoms with Gasteiger partial charge in [0.15, 0.2) is 0 Å². The highest BCUT2D eigenvalue weighted by atomic mass is 79.9. The zero-order valence-electron chi connectivity index (χ0n) is 12.2. The molecule has 0 heterocycles. The maximum Gasteiger partial charge on any atom is 0.150 e. The standard InChI is InChI=1S/C20H14Br2O/c21-18-9-5-16(6-10-18)20(17-7-11-19(22)12-8-17)15-3-1-14(13-23)2-4-15/h1-13,20H. The molecule has 0 N–H and O–H groups in total. The number of halogens is 2. The van der Waals surface area contributed by atoms with Crippen LogP contribution in [0.15, 0.2) is 81.7 Å². The van der Waals surface area contributed by atoms with Gasteiger partial charge in [0.05, 0.1) is 0 Å². The monoisotopic (exact) mass is 428 g/mol. The summed E-state index contributed by atoms with van der Waals surface area (Å²) in [5, 5.41) is 0. The molecule has 0 aliphatic heterocycles. The van der Waals surface area contributed by atoms with Crippen molar-refractivity contribution in [3.63, 3.8) is 0 Å². The van der Waals surface area contributed by atoms with E-state index in [1.54, 1.807) is 0 Å². The molecule has 3 aromatic carbocycles. The molecule has 0 radical (unpaired) electrons. The summed E-state index contributed by atoms with van der Waals surface area (Å²) in [5.41, 5.74) is 4.29. The Morgan fingerprint density at radius 3 is 1.30 bits per heavy atom. The molecule has 0 aliphatic carbocycles. The first-order chi connectivity index (χ1) is 11.2. The van der Waals surface area contributed by atoms with Crippen molar-refractivity contribution in [2.24, 2.45) is 0 Å². The average Bonchev–Trinajstić information content (AvgIpc) is 2.59. The van der Waals surface area contributed by atoms with E-state index in [1.807, 2.05) is 24.3 Å². The summed E-state index contributed by atoms with van der Waals surface area (Å²) in [7, 11) is 0. The molecule has 0 amide bonds. The lowest BCUT2D eigenvalue weighted by molar-refractivity contribution is 0.112. The van der Waals surface area contributed by atoms with Crippen molar-refractivity contribution in [3.8, 4) is 0 Å². The van der Waals surface area contributed by atoms with Gasteiger partial charge in [0.2, 0.25) is 0 Å². The number of carbonyl (C=O) groups is 1. The maximum absolute atomic E-state index is 10.9. The van der Waals surface area contributed by atoms with Crippen LogP contribution in [0, 0.1) is 0 Å². The van der Waals surface area contributed by atoms with Gasteiger partial charge in [-0.05, 0) is 41.0 Å². The van der Waals surface area contributed by atoms with Crippen LogP contribution in [-0.2, 0) is 0 Å². The highest BCUT2D eigenvalue weighted by molar-refractivity contribution is 9.10. The highest BCUT2D eigenvalue weighted by Crippen LogP contribution is 2.33. The van der Waals surface area contributed by atoms with E-state index >= 15 is 0 Å². The third-order valence-corrected chi connectivity index (χ3v) is 4.87. The van der Waals surface area contributed by atoms with Gasteiger partial charge in [0.25, 0.3) is 0 Å². The molecule has 1 nitrogen and oxygen atoms in total.